The van der Waals surface area contributed by atoms with E-state index in [1.807, 2.05) is 32.0 Å². The number of para-hydroxylation sites is 2. The van der Waals surface area contributed by atoms with E-state index in [0.29, 0.717) is 12.5 Å². The molecule has 1 aromatic heterocycles. The molecule has 1 atom stereocenters. The number of nitrogens with zero attached hydrogens (tertiary/aromatic N) is 2. The number of fused-ring (bicyclic) bond motifs is 1. The molecule has 150 valence electrons. The Balaban J connectivity index is 0.00000225. The molecule has 0 amide bonds. The van der Waals surface area contributed by atoms with Crippen molar-refractivity contribution in [3.63, 3.8) is 0 Å². The molecule has 1 unspecified atom stereocenters. The summed E-state index contributed by atoms with van der Waals surface area (Å²) in [5.74, 6) is 2.48. The topological polar surface area (TPSA) is 47.3 Å². The van der Waals surface area contributed by atoms with Crippen molar-refractivity contribution in [1.82, 2.24) is 9.55 Å². The molecule has 0 aliphatic heterocycles. The zero-order chi connectivity index (χ0) is 18.8. The van der Waals surface area contributed by atoms with Crippen LogP contribution in [0.15, 0.2) is 42.5 Å². The number of benzene rings is 2. The summed E-state index contributed by atoms with van der Waals surface area (Å²) >= 11 is 0. The fourth-order valence-corrected chi connectivity index (χ4v) is 4.09. The highest BCUT2D eigenvalue weighted by atomic mass is 35.5. The maximum Gasteiger partial charge on any atom is 0.122 e. The minimum absolute atomic E-state index is 0. The van der Waals surface area contributed by atoms with Crippen LogP contribution in [0.3, 0.4) is 0 Å². The molecule has 0 saturated heterocycles. The molecule has 28 heavy (non-hydrogen) atoms. The Labute approximate surface area is 173 Å². The van der Waals surface area contributed by atoms with E-state index in [1.54, 1.807) is 0 Å². The molecule has 0 radical (unpaired) electrons. The molecule has 1 aliphatic rings. The number of aromatic nitrogens is 2. The van der Waals surface area contributed by atoms with Gasteiger partial charge in [-0.25, -0.2) is 4.98 Å². The fraction of sp³-hybridized carbons (Fsp3) is 0.435. The van der Waals surface area contributed by atoms with E-state index in [-0.39, 0.29) is 19.0 Å². The summed E-state index contributed by atoms with van der Waals surface area (Å²) in [7, 11) is 0. The summed E-state index contributed by atoms with van der Waals surface area (Å²) in [6.45, 7) is 4.87. The van der Waals surface area contributed by atoms with Gasteiger partial charge in [-0.05, 0) is 56.0 Å². The van der Waals surface area contributed by atoms with E-state index in [2.05, 4.69) is 28.8 Å². The van der Waals surface area contributed by atoms with Crippen molar-refractivity contribution in [2.45, 2.75) is 58.1 Å². The Morgan fingerprint density at radius 2 is 1.89 bits per heavy atom. The molecular weight excluding hydrogens is 372 g/mol. The third-order valence-corrected chi connectivity index (χ3v) is 5.57. The van der Waals surface area contributed by atoms with Crippen LogP contribution in [0.1, 0.15) is 48.6 Å². The van der Waals surface area contributed by atoms with Gasteiger partial charge in [0.2, 0.25) is 0 Å². The second-order valence-corrected chi connectivity index (χ2v) is 7.78. The van der Waals surface area contributed by atoms with Gasteiger partial charge in [0.1, 0.15) is 24.3 Å². The van der Waals surface area contributed by atoms with E-state index in [0.717, 1.165) is 33.7 Å². The van der Waals surface area contributed by atoms with Crippen LogP contribution in [0.2, 0.25) is 0 Å². The summed E-state index contributed by atoms with van der Waals surface area (Å²) in [5.41, 5.74) is 4.37. The maximum atomic E-state index is 10.7. The number of aliphatic hydroxyl groups excluding tert-OH is 1. The van der Waals surface area contributed by atoms with Gasteiger partial charge >= 0.3 is 0 Å². The summed E-state index contributed by atoms with van der Waals surface area (Å²) in [4.78, 5) is 4.90. The number of hydrogen-bond donors (Lipinski definition) is 1. The van der Waals surface area contributed by atoms with Crippen LogP contribution in [-0.4, -0.2) is 27.4 Å². The first-order valence-corrected chi connectivity index (χ1v) is 9.95. The van der Waals surface area contributed by atoms with Gasteiger partial charge in [-0.2, -0.15) is 0 Å². The highest BCUT2D eigenvalue weighted by Gasteiger charge is 2.24. The van der Waals surface area contributed by atoms with Crippen LogP contribution in [0, 0.1) is 13.8 Å². The monoisotopic (exact) mass is 400 g/mol. The van der Waals surface area contributed by atoms with E-state index in [1.165, 1.54) is 25.7 Å². The molecule has 1 aliphatic carbocycles. The summed E-state index contributed by atoms with van der Waals surface area (Å²) in [6, 6.07) is 14.4. The standard InChI is InChI=1S/C23H28N2O2.ClH/c1-16-11-12-17(2)22(13-16)27-15-19(26)14-25-21-10-6-5-9-20(21)24-23(25)18-7-3-4-8-18;/h5-6,9-13,18-19,26H,3-4,7-8,14-15H2,1-2H3;1H. The van der Waals surface area contributed by atoms with Crippen molar-refractivity contribution in [3.05, 3.63) is 59.4 Å². The number of aliphatic hydroxyl groups is 1. The van der Waals surface area contributed by atoms with Crippen LogP contribution >= 0.6 is 12.4 Å². The lowest BCUT2D eigenvalue weighted by atomic mass is 10.1. The molecule has 1 fully saturated rings. The van der Waals surface area contributed by atoms with E-state index < -0.39 is 6.10 Å². The number of hydrogen-bond acceptors (Lipinski definition) is 3. The summed E-state index contributed by atoms with van der Waals surface area (Å²) in [6.07, 6.45) is 4.34. The van der Waals surface area contributed by atoms with Crippen molar-refractivity contribution in [2.24, 2.45) is 0 Å². The van der Waals surface area contributed by atoms with Crippen LogP contribution in [-0.2, 0) is 6.54 Å². The molecular formula is C23H29ClN2O2. The van der Waals surface area contributed by atoms with Gasteiger partial charge in [-0.3, -0.25) is 0 Å². The number of ether oxygens (including phenoxy) is 1. The highest BCUT2D eigenvalue weighted by Crippen LogP contribution is 2.35. The minimum Gasteiger partial charge on any atom is -0.491 e. The highest BCUT2D eigenvalue weighted by molar-refractivity contribution is 5.85. The first-order chi connectivity index (χ1) is 13.1. The van der Waals surface area contributed by atoms with Crippen LogP contribution in [0.4, 0.5) is 0 Å². The molecule has 2 aromatic carbocycles. The normalized spacial score (nSPS) is 15.5. The first-order valence-electron chi connectivity index (χ1n) is 9.95. The van der Waals surface area contributed by atoms with Crippen molar-refractivity contribution in [3.8, 4) is 5.75 Å². The SMILES string of the molecule is Cc1ccc(C)c(OCC(O)Cn2c(C3CCCC3)nc3ccccc32)c1.Cl. The Hall–Kier alpha value is -2.04. The number of halogens is 1. The Kier molecular flexibility index (Phi) is 6.63. The van der Waals surface area contributed by atoms with Gasteiger partial charge in [-0.1, -0.05) is 37.1 Å². The number of imidazole rings is 1. The van der Waals surface area contributed by atoms with Crippen molar-refractivity contribution in [2.75, 3.05) is 6.61 Å². The van der Waals surface area contributed by atoms with Gasteiger partial charge in [-0.15, -0.1) is 12.4 Å². The average molecular weight is 401 g/mol. The molecule has 1 heterocycles. The minimum atomic E-state index is -0.581. The fourth-order valence-electron chi connectivity index (χ4n) is 4.09. The van der Waals surface area contributed by atoms with E-state index >= 15 is 0 Å². The third kappa shape index (κ3) is 4.34. The van der Waals surface area contributed by atoms with Crippen molar-refractivity contribution >= 4 is 23.4 Å². The Morgan fingerprint density at radius 3 is 2.68 bits per heavy atom. The molecule has 3 aromatic rings. The third-order valence-electron chi connectivity index (χ3n) is 5.57. The van der Waals surface area contributed by atoms with Crippen molar-refractivity contribution < 1.29 is 9.84 Å². The average Bonchev–Trinajstić information content (AvgIpc) is 3.31. The number of rotatable bonds is 6. The molecule has 4 rings (SSSR count). The second kappa shape index (κ2) is 8.97. The summed E-state index contributed by atoms with van der Waals surface area (Å²) < 4.78 is 8.13. The molecule has 4 nitrogen and oxygen atoms in total. The van der Waals surface area contributed by atoms with Gasteiger partial charge < -0.3 is 14.4 Å². The van der Waals surface area contributed by atoms with Crippen molar-refractivity contribution in [1.29, 1.82) is 0 Å². The van der Waals surface area contributed by atoms with Gasteiger partial charge in [0, 0.05) is 5.92 Å². The predicted molar refractivity (Wildman–Crippen MR) is 116 cm³/mol. The second-order valence-electron chi connectivity index (χ2n) is 7.78. The molecule has 0 bridgehead atoms. The van der Waals surface area contributed by atoms with Crippen LogP contribution in [0.25, 0.3) is 11.0 Å². The van der Waals surface area contributed by atoms with Gasteiger partial charge in [0.25, 0.3) is 0 Å². The predicted octanol–water partition coefficient (Wildman–Crippen LogP) is 5.17. The molecule has 5 heteroatoms. The first kappa shape index (κ1) is 20.7. The quantitative estimate of drug-likeness (QED) is 0.620. The molecule has 1 saturated carbocycles. The zero-order valence-corrected chi connectivity index (χ0v) is 17.4. The molecule has 1 N–H and O–H groups in total. The van der Waals surface area contributed by atoms with Crippen LogP contribution in [0.5, 0.6) is 5.75 Å². The lowest BCUT2D eigenvalue weighted by Crippen LogP contribution is -2.25. The van der Waals surface area contributed by atoms with Crippen LogP contribution < -0.4 is 4.74 Å². The Bertz CT molecular complexity index is 931. The number of aryl methyl sites for hydroxylation is 2. The van der Waals surface area contributed by atoms with E-state index in [4.69, 9.17) is 9.72 Å². The molecule has 0 spiro atoms. The largest absolute Gasteiger partial charge is 0.491 e. The van der Waals surface area contributed by atoms with Gasteiger partial charge in [0.05, 0.1) is 17.6 Å². The maximum absolute atomic E-state index is 10.7. The van der Waals surface area contributed by atoms with E-state index in [9.17, 15) is 5.11 Å². The summed E-state index contributed by atoms with van der Waals surface area (Å²) in [5, 5.41) is 10.7. The lowest BCUT2D eigenvalue weighted by Gasteiger charge is -2.18. The zero-order valence-electron chi connectivity index (χ0n) is 16.6. The van der Waals surface area contributed by atoms with Gasteiger partial charge in [0.15, 0.2) is 0 Å². The Morgan fingerprint density at radius 1 is 1.14 bits per heavy atom. The smallest absolute Gasteiger partial charge is 0.122 e. The lowest BCUT2D eigenvalue weighted by molar-refractivity contribution is 0.0921.